The van der Waals surface area contributed by atoms with Crippen LogP contribution < -0.4 is 40.6 Å². The molecule has 58 heavy (non-hydrogen) atoms. The van der Waals surface area contributed by atoms with E-state index < -0.39 is 30.3 Å². The number of carbonyl (C=O) groups is 3. The van der Waals surface area contributed by atoms with E-state index in [2.05, 4.69) is 10.6 Å². The summed E-state index contributed by atoms with van der Waals surface area (Å²) in [5.41, 5.74) is 9.38. The molecule has 0 saturated carbocycles. The van der Waals surface area contributed by atoms with Gasteiger partial charge >= 0.3 is 24.3 Å². The number of alkyl carbamates (subject to hydrolysis) is 2. The molecule has 0 aliphatic heterocycles. The molecule has 0 aliphatic rings. The van der Waals surface area contributed by atoms with Crippen LogP contribution >= 0.6 is 0 Å². The molecule has 13 nitrogen and oxygen atoms in total. The largest absolute Gasteiger partial charge is 0.493 e. The summed E-state index contributed by atoms with van der Waals surface area (Å²) < 4.78 is 69.4. The van der Waals surface area contributed by atoms with Gasteiger partial charge < -0.3 is 50.1 Å². The number of halogens is 3. The lowest BCUT2D eigenvalue weighted by Crippen LogP contribution is -2.39. The van der Waals surface area contributed by atoms with E-state index in [0.29, 0.717) is 35.1 Å². The van der Waals surface area contributed by atoms with E-state index in [9.17, 15) is 27.6 Å². The number of hydrogen-bond donors (Lipinski definition) is 4. The summed E-state index contributed by atoms with van der Waals surface area (Å²) in [5, 5.41) is 7.28. The van der Waals surface area contributed by atoms with Gasteiger partial charge in [0.05, 0.1) is 34.5 Å². The van der Waals surface area contributed by atoms with Crippen LogP contribution in [-0.2, 0) is 27.5 Å². The number of benzene rings is 4. The van der Waals surface area contributed by atoms with Gasteiger partial charge in [0.25, 0.3) is 0 Å². The van der Waals surface area contributed by atoms with Crippen LogP contribution in [-0.4, -0.2) is 65.8 Å². The second-order valence-electron chi connectivity index (χ2n) is 12.6. The first kappa shape index (κ1) is 46.2. The second-order valence-corrected chi connectivity index (χ2v) is 12.6. The molecule has 0 aromatic heterocycles. The monoisotopic (exact) mass is 812 g/mol. The molecule has 0 radical (unpaired) electrons. The van der Waals surface area contributed by atoms with Gasteiger partial charge in [0.15, 0.2) is 23.0 Å². The third kappa shape index (κ3) is 16.1. The van der Waals surface area contributed by atoms with E-state index >= 15 is 0 Å². The Balaban J connectivity index is 0.000000317. The predicted octanol–water partition coefficient (Wildman–Crippen LogP) is 7.54. The van der Waals surface area contributed by atoms with E-state index in [4.69, 9.17) is 34.2 Å². The van der Waals surface area contributed by atoms with Crippen LogP contribution in [0.3, 0.4) is 0 Å². The summed E-state index contributed by atoms with van der Waals surface area (Å²) >= 11 is 0. The van der Waals surface area contributed by atoms with Crippen molar-refractivity contribution in [2.24, 2.45) is 5.73 Å². The summed E-state index contributed by atoms with van der Waals surface area (Å²) in [5.74, 6) is 0.000654. The highest BCUT2D eigenvalue weighted by Crippen LogP contribution is 2.32. The molecule has 0 bridgehead atoms. The van der Waals surface area contributed by atoms with Gasteiger partial charge in [-0.05, 0) is 72.2 Å². The van der Waals surface area contributed by atoms with Crippen molar-refractivity contribution < 1.29 is 56.0 Å². The quantitative estimate of drug-likeness (QED) is 0.0695. The van der Waals surface area contributed by atoms with Gasteiger partial charge in [-0.1, -0.05) is 72.8 Å². The Kier molecular flexibility index (Phi) is 19.5. The number of carbonyl (C=O) groups excluding carboxylic acids is 3. The van der Waals surface area contributed by atoms with Gasteiger partial charge in [-0.3, -0.25) is 4.79 Å². The normalized spacial score (nSPS) is 11.7. The number of rotatable bonds is 19. The first-order valence-electron chi connectivity index (χ1n) is 18.3. The molecule has 0 unspecified atom stereocenters. The minimum absolute atomic E-state index is 0.0998. The van der Waals surface area contributed by atoms with Gasteiger partial charge in [0.2, 0.25) is 0 Å². The molecule has 2 atom stereocenters. The predicted molar refractivity (Wildman–Crippen MR) is 211 cm³/mol. The Hall–Kier alpha value is -6.16. The van der Waals surface area contributed by atoms with Gasteiger partial charge in [0, 0.05) is 19.1 Å². The van der Waals surface area contributed by atoms with Gasteiger partial charge in [-0.2, -0.15) is 13.2 Å². The number of ether oxygens (including phenoxy) is 6. The first-order chi connectivity index (χ1) is 27.9. The van der Waals surface area contributed by atoms with Crippen LogP contribution in [0.5, 0.6) is 23.0 Å². The van der Waals surface area contributed by atoms with Crippen molar-refractivity contribution in [3.8, 4) is 23.0 Å². The molecule has 0 saturated heterocycles. The number of methoxy groups -OCH3 is 4. The molecule has 16 heteroatoms. The van der Waals surface area contributed by atoms with E-state index in [-0.39, 0.29) is 38.6 Å². The fourth-order valence-corrected chi connectivity index (χ4v) is 5.44. The van der Waals surface area contributed by atoms with E-state index in [0.717, 1.165) is 29.5 Å². The van der Waals surface area contributed by atoms with Crippen LogP contribution in [0.1, 0.15) is 60.0 Å². The summed E-state index contributed by atoms with van der Waals surface area (Å²) in [6.07, 6.45) is -4.18. The fourth-order valence-electron chi connectivity index (χ4n) is 5.44. The molecular weight excluding hydrogens is 761 g/mol. The first-order valence-corrected chi connectivity index (χ1v) is 18.3. The van der Waals surface area contributed by atoms with Crippen LogP contribution in [0.4, 0.5) is 22.8 Å². The van der Waals surface area contributed by atoms with Gasteiger partial charge in [-0.25, -0.2) is 9.59 Å². The van der Waals surface area contributed by atoms with E-state index in [1.165, 1.54) is 20.3 Å². The molecule has 4 aromatic rings. The van der Waals surface area contributed by atoms with Crippen molar-refractivity contribution in [2.45, 2.75) is 57.2 Å². The molecule has 4 aromatic carbocycles. The Bertz CT molecular complexity index is 1850. The van der Waals surface area contributed by atoms with Gasteiger partial charge in [-0.15, -0.1) is 0 Å². The maximum Gasteiger partial charge on any atom is 0.471 e. The second kappa shape index (κ2) is 24.5. The average molecular weight is 813 g/mol. The lowest BCUT2D eigenvalue weighted by molar-refractivity contribution is -0.174. The molecule has 0 aliphatic carbocycles. The van der Waals surface area contributed by atoms with Crippen LogP contribution in [0.2, 0.25) is 0 Å². The fraction of sp³-hybridized carbons (Fsp3) is 0.357. The Morgan fingerprint density at radius 2 is 1.03 bits per heavy atom. The number of nitrogens with one attached hydrogen (secondary N) is 3. The molecule has 0 fully saturated rings. The Labute approximate surface area is 336 Å². The average Bonchev–Trinajstić information content (AvgIpc) is 3.24. The lowest BCUT2D eigenvalue weighted by Gasteiger charge is -2.21. The molecule has 3 amide bonds. The maximum absolute atomic E-state index is 12.8. The zero-order valence-corrected chi connectivity index (χ0v) is 32.9. The van der Waals surface area contributed by atoms with Crippen molar-refractivity contribution in [2.75, 3.05) is 41.5 Å². The molecule has 5 N–H and O–H groups in total. The summed E-state index contributed by atoms with van der Waals surface area (Å²) in [4.78, 5) is 35.0. The maximum atomic E-state index is 12.8. The van der Waals surface area contributed by atoms with Crippen molar-refractivity contribution in [1.29, 1.82) is 0 Å². The Morgan fingerprint density at radius 3 is 1.48 bits per heavy atom. The lowest BCUT2D eigenvalue weighted by atomic mass is 10.0. The highest BCUT2D eigenvalue weighted by atomic mass is 19.4. The standard InChI is InChI=1S/C22H25F3N2O5.C20H26N2O4/c1-30-18-11-10-16(13-19(18)31-2)17(27-20(28)22(23,24)25)9-6-12-26-21(29)32-14-15-7-4-3-5-8-15;1-24-18-11-10-16(13-19(18)25-2)17(21)9-6-12-22-20(23)26-14-15-7-4-3-5-8-15/h3-5,7-8,10-11,13,17H,6,9,12,14H2,1-2H3,(H,26,29)(H,27,28);3-5,7-8,10-11,13,17H,6,9,12,14,21H2,1-2H3,(H,22,23)/t2*17-/m11/s1. The smallest absolute Gasteiger partial charge is 0.471 e. The van der Waals surface area contributed by atoms with Crippen molar-refractivity contribution in [3.05, 3.63) is 119 Å². The Morgan fingerprint density at radius 1 is 0.603 bits per heavy atom. The third-order valence-electron chi connectivity index (χ3n) is 8.53. The highest BCUT2D eigenvalue weighted by molar-refractivity contribution is 5.82. The van der Waals surface area contributed by atoms with E-state index in [1.54, 1.807) is 26.4 Å². The van der Waals surface area contributed by atoms with Crippen molar-refractivity contribution in [3.63, 3.8) is 0 Å². The number of hydrogen-bond acceptors (Lipinski definition) is 10. The molecule has 0 heterocycles. The number of nitrogens with two attached hydrogens (primary N) is 1. The summed E-state index contributed by atoms with van der Waals surface area (Å²) in [6, 6.07) is 27.8. The molecule has 314 valence electrons. The highest BCUT2D eigenvalue weighted by Gasteiger charge is 2.40. The van der Waals surface area contributed by atoms with Crippen molar-refractivity contribution in [1.82, 2.24) is 16.0 Å². The number of alkyl halides is 3. The molecule has 0 spiro atoms. The minimum Gasteiger partial charge on any atom is -0.493 e. The summed E-state index contributed by atoms with van der Waals surface area (Å²) in [6.45, 7) is 1.02. The molecular formula is C42H51F3N4O9. The van der Waals surface area contributed by atoms with Crippen molar-refractivity contribution >= 4 is 18.1 Å². The SMILES string of the molecule is COc1ccc([C@@H](CCCNC(=O)OCc2ccccc2)NC(=O)C(F)(F)F)cc1OC.COc1ccc([C@H](N)CCCNC(=O)OCc2ccccc2)cc1OC. The minimum atomic E-state index is -5.02. The zero-order valence-electron chi connectivity index (χ0n) is 32.9. The van der Waals surface area contributed by atoms with Crippen LogP contribution in [0, 0.1) is 0 Å². The molecule has 4 rings (SSSR count). The van der Waals surface area contributed by atoms with Gasteiger partial charge in [0.1, 0.15) is 13.2 Å². The summed E-state index contributed by atoms with van der Waals surface area (Å²) in [7, 11) is 6.02. The topological polar surface area (TPSA) is 169 Å². The van der Waals surface area contributed by atoms with Crippen LogP contribution in [0.15, 0.2) is 97.1 Å². The zero-order chi connectivity index (χ0) is 42.3. The third-order valence-corrected chi connectivity index (χ3v) is 8.53. The van der Waals surface area contributed by atoms with E-state index in [1.807, 2.05) is 84.2 Å². The van der Waals surface area contributed by atoms with Crippen LogP contribution in [0.25, 0.3) is 0 Å². The number of amides is 3.